The summed E-state index contributed by atoms with van der Waals surface area (Å²) in [6.07, 6.45) is 4.24. The van der Waals surface area contributed by atoms with Crippen molar-refractivity contribution in [1.82, 2.24) is 9.97 Å². The van der Waals surface area contributed by atoms with E-state index in [9.17, 15) is 13.2 Å². The summed E-state index contributed by atoms with van der Waals surface area (Å²) in [6.45, 7) is 0. The van der Waals surface area contributed by atoms with Gasteiger partial charge in [-0.3, -0.25) is 9.78 Å². The Bertz CT molecular complexity index is 699. The van der Waals surface area contributed by atoms with Crippen LogP contribution in [-0.4, -0.2) is 24.3 Å². The van der Waals surface area contributed by atoms with Gasteiger partial charge < -0.3 is 5.32 Å². The Morgan fingerprint density at radius 3 is 2.45 bits per heavy atom. The Morgan fingerprint density at radius 2 is 1.90 bits per heavy atom. The minimum atomic E-state index is -3.56. The molecule has 8 heteroatoms. The minimum absolute atomic E-state index is 0.195. The summed E-state index contributed by atoms with van der Waals surface area (Å²) >= 11 is 0. The number of carbonyl (C=O) groups is 1. The van der Waals surface area contributed by atoms with E-state index in [1.807, 2.05) is 0 Å². The number of carbonyl (C=O) groups excluding carboxylic acids is 1. The van der Waals surface area contributed by atoms with E-state index in [-0.39, 0.29) is 11.4 Å². The van der Waals surface area contributed by atoms with Crippen LogP contribution in [-0.2, 0) is 15.8 Å². The second-order valence-electron chi connectivity index (χ2n) is 4.05. The number of hydrogen-bond acceptors (Lipinski definition) is 5. The summed E-state index contributed by atoms with van der Waals surface area (Å²) < 4.78 is 21.9. The first-order chi connectivity index (χ1) is 9.44. The molecule has 0 saturated carbocycles. The molecule has 0 radical (unpaired) electrons. The maximum absolute atomic E-state index is 11.8. The molecule has 1 amide bonds. The van der Waals surface area contributed by atoms with Crippen molar-refractivity contribution >= 4 is 21.6 Å². The fourth-order valence-electron chi connectivity index (χ4n) is 1.53. The second kappa shape index (κ2) is 5.76. The van der Waals surface area contributed by atoms with Gasteiger partial charge in [-0.1, -0.05) is 12.1 Å². The molecule has 1 aromatic carbocycles. The van der Waals surface area contributed by atoms with Crippen molar-refractivity contribution in [1.29, 1.82) is 0 Å². The summed E-state index contributed by atoms with van der Waals surface area (Å²) in [5.41, 5.74) is 1.27. The monoisotopic (exact) mass is 292 g/mol. The van der Waals surface area contributed by atoms with Gasteiger partial charge in [0, 0.05) is 18.1 Å². The van der Waals surface area contributed by atoms with Gasteiger partial charge in [-0.25, -0.2) is 18.5 Å². The fraction of sp³-hybridized carbons (Fsp3) is 0.0833. The number of rotatable bonds is 4. The molecule has 3 N–H and O–H groups in total. The van der Waals surface area contributed by atoms with Crippen LogP contribution in [0.15, 0.2) is 42.9 Å². The second-order valence-corrected chi connectivity index (χ2v) is 5.66. The van der Waals surface area contributed by atoms with E-state index in [2.05, 4.69) is 15.3 Å². The quantitative estimate of drug-likeness (QED) is 0.852. The molecule has 0 spiro atoms. The number of anilines is 1. The summed E-state index contributed by atoms with van der Waals surface area (Å²) in [5, 5.41) is 7.58. The van der Waals surface area contributed by atoms with Gasteiger partial charge in [0.15, 0.2) is 0 Å². The van der Waals surface area contributed by atoms with Gasteiger partial charge >= 0.3 is 0 Å². The lowest BCUT2D eigenvalue weighted by Gasteiger charge is -2.05. The van der Waals surface area contributed by atoms with E-state index in [1.165, 1.54) is 18.6 Å². The summed E-state index contributed by atoms with van der Waals surface area (Å²) in [7, 11) is -3.56. The summed E-state index contributed by atoms with van der Waals surface area (Å²) in [6, 6.07) is 6.34. The molecule has 0 bridgehead atoms. The molecular formula is C12H12N4O3S. The van der Waals surface area contributed by atoms with Crippen LogP contribution in [0, 0.1) is 0 Å². The minimum Gasteiger partial charge on any atom is -0.321 e. The number of nitrogens with two attached hydrogens (primary N) is 1. The molecule has 0 aliphatic heterocycles. The van der Waals surface area contributed by atoms with E-state index in [0.29, 0.717) is 11.3 Å². The van der Waals surface area contributed by atoms with Crippen molar-refractivity contribution in [3.8, 4) is 0 Å². The van der Waals surface area contributed by atoms with Crippen molar-refractivity contribution < 1.29 is 13.2 Å². The number of primary sulfonamides is 1. The summed E-state index contributed by atoms with van der Waals surface area (Å²) in [4.78, 5) is 19.5. The zero-order valence-corrected chi connectivity index (χ0v) is 11.2. The molecule has 0 fully saturated rings. The maximum Gasteiger partial charge on any atom is 0.275 e. The van der Waals surface area contributed by atoms with Gasteiger partial charge in [0.2, 0.25) is 10.0 Å². The first-order valence-electron chi connectivity index (χ1n) is 5.61. The van der Waals surface area contributed by atoms with Crippen LogP contribution in [0.4, 0.5) is 5.69 Å². The highest BCUT2D eigenvalue weighted by Gasteiger charge is 2.08. The number of nitrogens with one attached hydrogen (secondary N) is 1. The molecule has 2 aromatic rings. The first kappa shape index (κ1) is 14.1. The average Bonchev–Trinajstić information content (AvgIpc) is 2.40. The molecule has 0 unspecified atom stereocenters. The zero-order chi connectivity index (χ0) is 14.6. The molecule has 104 valence electrons. The molecule has 0 saturated heterocycles. The number of hydrogen-bond donors (Lipinski definition) is 2. The lowest BCUT2D eigenvalue weighted by Crippen LogP contribution is -2.15. The number of sulfonamides is 1. The van der Waals surface area contributed by atoms with Crippen LogP contribution in [0.25, 0.3) is 0 Å². The third kappa shape index (κ3) is 4.11. The highest BCUT2D eigenvalue weighted by Crippen LogP contribution is 2.12. The van der Waals surface area contributed by atoms with Gasteiger partial charge in [0.1, 0.15) is 5.69 Å². The van der Waals surface area contributed by atoms with Crippen molar-refractivity contribution in [3.05, 3.63) is 54.1 Å². The first-order valence-corrected chi connectivity index (χ1v) is 7.32. The molecule has 0 aliphatic carbocycles. The Labute approximate surface area is 115 Å². The normalized spacial score (nSPS) is 11.1. The number of nitrogens with zero attached hydrogens (tertiary/aromatic N) is 2. The van der Waals surface area contributed by atoms with Gasteiger partial charge in [-0.2, -0.15) is 0 Å². The molecule has 1 heterocycles. The molecule has 1 aromatic heterocycles. The maximum atomic E-state index is 11.8. The van der Waals surface area contributed by atoms with Gasteiger partial charge in [0.25, 0.3) is 5.91 Å². The lowest BCUT2D eigenvalue weighted by atomic mass is 10.2. The number of amides is 1. The smallest absolute Gasteiger partial charge is 0.275 e. The Balaban J connectivity index is 2.06. The summed E-state index contributed by atoms with van der Waals surface area (Å²) in [5.74, 6) is -0.636. The highest BCUT2D eigenvalue weighted by atomic mass is 32.2. The van der Waals surface area contributed by atoms with E-state index < -0.39 is 15.9 Å². The highest BCUT2D eigenvalue weighted by molar-refractivity contribution is 7.88. The standard InChI is InChI=1S/C12H12N4O3S/c13-20(18,19)8-9-1-3-10(4-2-9)16-12(17)11-7-14-5-6-15-11/h1-7H,8H2,(H,16,17)(H2,13,18,19). The molecule has 0 atom stereocenters. The Kier molecular flexibility index (Phi) is 4.06. The Morgan fingerprint density at radius 1 is 1.20 bits per heavy atom. The van der Waals surface area contributed by atoms with Crippen LogP contribution >= 0.6 is 0 Å². The number of benzene rings is 1. The molecule has 20 heavy (non-hydrogen) atoms. The van der Waals surface area contributed by atoms with Gasteiger partial charge in [-0.05, 0) is 17.7 Å². The van der Waals surface area contributed by atoms with Crippen LogP contribution in [0.5, 0.6) is 0 Å². The SMILES string of the molecule is NS(=O)(=O)Cc1ccc(NC(=O)c2cnccn2)cc1. The van der Waals surface area contributed by atoms with Crippen LogP contribution in [0.2, 0.25) is 0 Å². The van der Waals surface area contributed by atoms with E-state index in [1.54, 1.807) is 24.3 Å². The third-order valence-electron chi connectivity index (χ3n) is 2.38. The number of aromatic nitrogens is 2. The average molecular weight is 292 g/mol. The predicted octanol–water partition coefficient (Wildman–Crippen LogP) is 0.517. The Hall–Kier alpha value is -2.32. The largest absolute Gasteiger partial charge is 0.321 e. The molecule has 2 rings (SSSR count). The van der Waals surface area contributed by atoms with Crippen molar-refractivity contribution in [3.63, 3.8) is 0 Å². The van der Waals surface area contributed by atoms with Gasteiger partial charge in [-0.15, -0.1) is 0 Å². The molecule has 7 nitrogen and oxygen atoms in total. The van der Waals surface area contributed by atoms with Crippen LogP contribution < -0.4 is 10.5 Å². The van der Waals surface area contributed by atoms with E-state index in [0.717, 1.165) is 0 Å². The van der Waals surface area contributed by atoms with Crippen LogP contribution in [0.1, 0.15) is 16.1 Å². The lowest BCUT2D eigenvalue weighted by molar-refractivity contribution is 0.102. The predicted molar refractivity (Wildman–Crippen MR) is 73.2 cm³/mol. The third-order valence-corrected chi connectivity index (χ3v) is 3.11. The van der Waals surface area contributed by atoms with E-state index >= 15 is 0 Å². The zero-order valence-electron chi connectivity index (χ0n) is 10.4. The van der Waals surface area contributed by atoms with Crippen molar-refractivity contribution in [2.75, 3.05) is 5.32 Å². The molecular weight excluding hydrogens is 280 g/mol. The topological polar surface area (TPSA) is 115 Å². The van der Waals surface area contributed by atoms with Crippen molar-refractivity contribution in [2.45, 2.75) is 5.75 Å². The van der Waals surface area contributed by atoms with E-state index in [4.69, 9.17) is 5.14 Å². The fourth-order valence-corrected chi connectivity index (χ4v) is 2.19. The van der Waals surface area contributed by atoms with Gasteiger partial charge in [0.05, 0.1) is 11.9 Å². The van der Waals surface area contributed by atoms with Crippen molar-refractivity contribution in [2.24, 2.45) is 5.14 Å². The molecule has 0 aliphatic rings. The van der Waals surface area contributed by atoms with Crippen LogP contribution in [0.3, 0.4) is 0 Å².